The summed E-state index contributed by atoms with van der Waals surface area (Å²) in [6.07, 6.45) is 1.46. The molecule has 1 aliphatic rings. The van der Waals surface area contributed by atoms with Crippen LogP contribution in [-0.2, 0) is 0 Å². The van der Waals surface area contributed by atoms with Crippen molar-refractivity contribution in [3.63, 3.8) is 0 Å². The van der Waals surface area contributed by atoms with E-state index in [9.17, 15) is 0 Å². The summed E-state index contributed by atoms with van der Waals surface area (Å²) in [6.45, 7) is 16.8. The van der Waals surface area contributed by atoms with Crippen molar-refractivity contribution in [3.05, 3.63) is 0 Å². The van der Waals surface area contributed by atoms with E-state index in [0.717, 1.165) is 29.6 Å². The molecular weight excluding hydrogens is 168 g/mol. The Hall–Kier alpha value is 0. The van der Waals surface area contributed by atoms with E-state index in [-0.39, 0.29) is 0 Å². The smallest absolute Gasteiger partial charge is 0.0264 e. The second kappa shape index (κ2) is 3.87. The Morgan fingerprint density at radius 3 is 1.79 bits per heavy atom. The maximum atomic E-state index is 2.50. The maximum Gasteiger partial charge on any atom is -0.0264 e. The summed E-state index contributed by atoms with van der Waals surface area (Å²) in [4.78, 5) is 0. The quantitative estimate of drug-likeness (QED) is 0.616. The molecule has 0 unspecified atom stereocenters. The molecule has 0 nitrogen and oxygen atoms in total. The fourth-order valence-corrected chi connectivity index (χ4v) is 2.95. The molecule has 0 aromatic heterocycles. The summed E-state index contributed by atoms with van der Waals surface area (Å²) in [5.41, 5.74) is 0.651. The van der Waals surface area contributed by atoms with Crippen molar-refractivity contribution in [2.24, 2.45) is 35.0 Å². The van der Waals surface area contributed by atoms with Crippen molar-refractivity contribution in [1.82, 2.24) is 0 Å². The van der Waals surface area contributed by atoms with Crippen LogP contribution in [0.2, 0.25) is 0 Å². The van der Waals surface area contributed by atoms with Crippen LogP contribution in [0.3, 0.4) is 0 Å². The summed E-state index contributed by atoms with van der Waals surface area (Å²) >= 11 is 0. The topological polar surface area (TPSA) is 0 Å². The lowest BCUT2D eigenvalue weighted by Gasteiger charge is -2.27. The Kier molecular flexibility index (Phi) is 3.33. The van der Waals surface area contributed by atoms with E-state index in [1.807, 2.05) is 0 Å². The molecule has 4 atom stereocenters. The normalized spacial score (nSPS) is 36.2. The van der Waals surface area contributed by atoms with Crippen molar-refractivity contribution >= 4 is 0 Å². The van der Waals surface area contributed by atoms with Gasteiger partial charge in [-0.15, -0.1) is 0 Å². The molecule has 0 bridgehead atoms. The Labute approximate surface area is 90.5 Å². The zero-order valence-electron chi connectivity index (χ0n) is 11.1. The van der Waals surface area contributed by atoms with Crippen molar-refractivity contribution in [2.45, 2.75) is 54.9 Å². The lowest BCUT2D eigenvalue weighted by Crippen LogP contribution is -2.21. The molecule has 14 heavy (non-hydrogen) atoms. The molecule has 1 aliphatic carbocycles. The van der Waals surface area contributed by atoms with Gasteiger partial charge in [0.15, 0.2) is 0 Å². The zero-order valence-corrected chi connectivity index (χ0v) is 11.1. The van der Waals surface area contributed by atoms with E-state index in [1.54, 1.807) is 0 Å². The monoisotopic (exact) mass is 196 g/mol. The van der Waals surface area contributed by atoms with Crippen LogP contribution in [0, 0.1) is 35.0 Å². The summed E-state index contributed by atoms with van der Waals surface area (Å²) in [6, 6.07) is 0. The Morgan fingerprint density at radius 2 is 1.43 bits per heavy atom. The van der Waals surface area contributed by atoms with E-state index >= 15 is 0 Å². The van der Waals surface area contributed by atoms with E-state index in [0.29, 0.717) is 5.41 Å². The minimum atomic E-state index is 0.651. The second-order valence-corrected chi connectivity index (χ2v) is 6.45. The van der Waals surface area contributed by atoms with Crippen LogP contribution in [-0.4, -0.2) is 0 Å². The first-order chi connectivity index (χ1) is 6.30. The summed E-state index contributed by atoms with van der Waals surface area (Å²) < 4.78 is 0. The molecule has 0 aromatic rings. The first kappa shape index (κ1) is 12.1. The number of rotatable bonds is 4. The van der Waals surface area contributed by atoms with E-state index < -0.39 is 0 Å². The van der Waals surface area contributed by atoms with E-state index in [2.05, 4.69) is 48.5 Å². The molecule has 0 N–H and O–H groups in total. The third kappa shape index (κ3) is 1.99. The standard InChI is InChI=1S/C14H28/c1-9(2)11(5)13-8-14(13,7)12(6)10(3)4/h9-13H,8H2,1-7H3/t11-,12-,13+,14+/m0/s1. The van der Waals surface area contributed by atoms with Crippen LogP contribution in [0.4, 0.5) is 0 Å². The Morgan fingerprint density at radius 1 is 0.929 bits per heavy atom. The predicted octanol–water partition coefficient (Wildman–Crippen LogP) is 4.60. The molecule has 0 saturated heterocycles. The van der Waals surface area contributed by atoms with Crippen LogP contribution in [0.25, 0.3) is 0 Å². The van der Waals surface area contributed by atoms with Crippen molar-refractivity contribution in [1.29, 1.82) is 0 Å². The molecule has 84 valence electrons. The fourth-order valence-electron chi connectivity index (χ4n) is 2.95. The van der Waals surface area contributed by atoms with Gasteiger partial charge in [-0.3, -0.25) is 0 Å². The highest BCUT2D eigenvalue weighted by Gasteiger charge is 2.56. The predicted molar refractivity (Wildman–Crippen MR) is 64.2 cm³/mol. The first-order valence-electron chi connectivity index (χ1n) is 6.30. The highest BCUT2D eigenvalue weighted by atomic mass is 14.6. The van der Waals surface area contributed by atoms with Gasteiger partial charge in [0.05, 0.1) is 0 Å². The van der Waals surface area contributed by atoms with Gasteiger partial charge in [0.2, 0.25) is 0 Å². The number of hydrogen-bond donors (Lipinski definition) is 0. The average molecular weight is 196 g/mol. The number of hydrogen-bond acceptors (Lipinski definition) is 0. The van der Waals surface area contributed by atoms with Gasteiger partial charge in [-0.25, -0.2) is 0 Å². The maximum absolute atomic E-state index is 2.50. The lowest BCUT2D eigenvalue weighted by molar-refractivity contribution is 0.214. The molecule has 1 rings (SSSR count). The van der Waals surface area contributed by atoms with Gasteiger partial charge in [-0.05, 0) is 41.4 Å². The molecule has 0 amide bonds. The van der Waals surface area contributed by atoms with Crippen molar-refractivity contribution in [3.8, 4) is 0 Å². The summed E-state index contributed by atoms with van der Waals surface area (Å²) in [7, 11) is 0. The SMILES string of the molecule is CC(C)[C@H](C)[C@H]1C[C@]1(C)[C@@H](C)C(C)C. The van der Waals surface area contributed by atoms with E-state index in [1.165, 1.54) is 6.42 Å². The Bertz CT molecular complexity index is 192. The molecule has 0 aromatic carbocycles. The highest BCUT2D eigenvalue weighted by Crippen LogP contribution is 2.63. The molecule has 0 heteroatoms. The molecule has 1 saturated carbocycles. The van der Waals surface area contributed by atoms with E-state index in [4.69, 9.17) is 0 Å². The molecule has 0 spiro atoms. The Balaban J connectivity index is 2.58. The van der Waals surface area contributed by atoms with Crippen LogP contribution >= 0.6 is 0 Å². The zero-order chi connectivity index (χ0) is 11.1. The third-order valence-corrected chi connectivity index (χ3v) is 5.07. The van der Waals surface area contributed by atoms with Gasteiger partial charge < -0.3 is 0 Å². The third-order valence-electron chi connectivity index (χ3n) is 5.07. The lowest BCUT2D eigenvalue weighted by atomic mass is 9.78. The average Bonchev–Trinajstić information content (AvgIpc) is 2.76. The largest absolute Gasteiger partial charge is 0.0625 e. The fraction of sp³-hybridized carbons (Fsp3) is 1.00. The van der Waals surface area contributed by atoms with Gasteiger partial charge in [-0.2, -0.15) is 0 Å². The van der Waals surface area contributed by atoms with Crippen LogP contribution in [0.5, 0.6) is 0 Å². The van der Waals surface area contributed by atoms with Gasteiger partial charge in [0, 0.05) is 0 Å². The molecule has 0 heterocycles. The van der Waals surface area contributed by atoms with Crippen molar-refractivity contribution in [2.75, 3.05) is 0 Å². The van der Waals surface area contributed by atoms with Gasteiger partial charge in [0.25, 0.3) is 0 Å². The van der Waals surface area contributed by atoms with Gasteiger partial charge in [-0.1, -0.05) is 48.5 Å². The molecular formula is C14H28. The molecule has 1 fully saturated rings. The van der Waals surface area contributed by atoms with Gasteiger partial charge in [0.1, 0.15) is 0 Å². The minimum absolute atomic E-state index is 0.651. The molecule has 0 radical (unpaired) electrons. The molecule has 0 aliphatic heterocycles. The minimum Gasteiger partial charge on any atom is -0.0625 e. The van der Waals surface area contributed by atoms with Gasteiger partial charge >= 0.3 is 0 Å². The summed E-state index contributed by atoms with van der Waals surface area (Å²) in [5.74, 6) is 4.46. The summed E-state index contributed by atoms with van der Waals surface area (Å²) in [5, 5.41) is 0. The van der Waals surface area contributed by atoms with Crippen molar-refractivity contribution < 1.29 is 0 Å². The first-order valence-corrected chi connectivity index (χ1v) is 6.30. The van der Waals surface area contributed by atoms with Crippen LogP contribution < -0.4 is 0 Å². The second-order valence-electron chi connectivity index (χ2n) is 6.45. The highest BCUT2D eigenvalue weighted by molar-refractivity contribution is 5.04. The van der Waals surface area contributed by atoms with Crippen LogP contribution in [0.15, 0.2) is 0 Å². The van der Waals surface area contributed by atoms with Crippen LogP contribution in [0.1, 0.15) is 54.9 Å².